The maximum Gasteiger partial charge on any atom is 0.187 e. The highest BCUT2D eigenvalue weighted by Crippen LogP contribution is 2.22. The van der Waals surface area contributed by atoms with Crippen LogP contribution in [0, 0.1) is 0 Å². The normalized spacial score (nSPS) is 10.7. The molecule has 2 rings (SSSR count). The molecule has 0 bridgehead atoms. The smallest absolute Gasteiger partial charge is 0.187 e. The van der Waals surface area contributed by atoms with Gasteiger partial charge in [-0.05, 0) is 36.7 Å². The van der Waals surface area contributed by atoms with Crippen LogP contribution >= 0.6 is 35.0 Å². The number of nitrogens with one attached hydrogen (secondary N) is 1. The first kappa shape index (κ1) is 15.6. The molecule has 6 heteroatoms. The van der Waals surface area contributed by atoms with Gasteiger partial charge in [0.2, 0.25) is 0 Å². The highest BCUT2D eigenvalue weighted by atomic mass is 35.5. The summed E-state index contributed by atoms with van der Waals surface area (Å²) >= 11 is 13.5. The molecule has 3 nitrogen and oxygen atoms in total. The first-order valence-corrected chi connectivity index (χ1v) is 8.04. The second kappa shape index (κ2) is 8.47. The van der Waals surface area contributed by atoms with E-state index in [-0.39, 0.29) is 0 Å². The Hall–Kier alpha value is -0.810. The molecule has 1 aromatic carbocycles. The van der Waals surface area contributed by atoms with E-state index in [0.29, 0.717) is 10.0 Å². The van der Waals surface area contributed by atoms with Gasteiger partial charge in [0.25, 0.3) is 0 Å². The summed E-state index contributed by atoms with van der Waals surface area (Å²) in [4.78, 5) is 8.33. The zero-order valence-electron chi connectivity index (χ0n) is 10.9. The number of benzene rings is 1. The molecule has 0 unspecified atom stereocenters. The zero-order valence-corrected chi connectivity index (χ0v) is 13.2. The summed E-state index contributed by atoms with van der Waals surface area (Å²) in [5, 5.41) is 5.40. The number of hydrogen-bond acceptors (Lipinski definition) is 4. The zero-order chi connectivity index (χ0) is 14.2. The standard InChI is InChI=1S/C14H15Cl2N3S/c15-12-4-3-11(9-13(12)16)10-17-5-2-8-20-14-18-6-1-7-19-14/h1,3-4,6-7,9,17H,2,5,8,10H2. The van der Waals surface area contributed by atoms with Gasteiger partial charge in [-0.2, -0.15) is 0 Å². The Kier molecular flexibility index (Phi) is 6.60. The molecule has 0 aliphatic carbocycles. The number of hydrogen-bond donors (Lipinski definition) is 1. The Morgan fingerprint density at radius 1 is 1.10 bits per heavy atom. The largest absolute Gasteiger partial charge is 0.313 e. The highest BCUT2D eigenvalue weighted by Gasteiger charge is 1.99. The van der Waals surface area contributed by atoms with Gasteiger partial charge in [-0.25, -0.2) is 9.97 Å². The quantitative estimate of drug-likeness (QED) is 0.473. The van der Waals surface area contributed by atoms with E-state index in [2.05, 4.69) is 15.3 Å². The predicted molar refractivity (Wildman–Crippen MR) is 85.5 cm³/mol. The fourth-order valence-electron chi connectivity index (χ4n) is 1.60. The van der Waals surface area contributed by atoms with Crippen molar-refractivity contribution in [3.8, 4) is 0 Å². The molecule has 0 aliphatic rings. The van der Waals surface area contributed by atoms with E-state index in [1.807, 2.05) is 24.3 Å². The van der Waals surface area contributed by atoms with Crippen LogP contribution in [0.15, 0.2) is 41.8 Å². The van der Waals surface area contributed by atoms with Gasteiger partial charge in [0, 0.05) is 24.7 Å². The molecule has 2 aromatic rings. The molecule has 1 heterocycles. The van der Waals surface area contributed by atoms with Crippen molar-refractivity contribution in [3.63, 3.8) is 0 Å². The van der Waals surface area contributed by atoms with Crippen LogP contribution in [-0.4, -0.2) is 22.3 Å². The van der Waals surface area contributed by atoms with Crippen LogP contribution < -0.4 is 5.32 Å². The maximum atomic E-state index is 5.97. The minimum Gasteiger partial charge on any atom is -0.313 e. The Bertz CT molecular complexity index is 537. The fourth-order valence-corrected chi connectivity index (χ4v) is 2.67. The minimum atomic E-state index is 0.592. The van der Waals surface area contributed by atoms with Crippen molar-refractivity contribution < 1.29 is 0 Å². The number of thioether (sulfide) groups is 1. The Balaban J connectivity index is 1.61. The van der Waals surface area contributed by atoms with Gasteiger partial charge >= 0.3 is 0 Å². The third-order valence-corrected chi connectivity index (χ3v) is 4.29. The lowest BCUT2D eigenvalue weighted by Gasteiger charge is -2.06. The summed E-state index contributed by atoms with van der Waals surface area (Å²) in [6.07, 6.45) is 4.58. The van der Waals surface area contributed by atoms with E-state index < -0.39 is 0 Å². The molecular weight excluding hydrogens is 313 g/mol. The highest BCUT2D eigenvalue weighted by molar-refractivity contribution is 7.99. The average Bonchev–Trinajstić information content (AvgIpc) is 2.47. The van der Waals surface area contributed by atoms with Crippen LogP contribution in [0.4, 0.5) is 0 Å². The van der Waals surface area contributed by atoms with Crippen LogP contribution in [0.5, 0.6) is 0 Å². The lowest BCUT2D eigenvalue weighted by atomic mass is 10.2. The number of rotatable bonds is 7. The maximum absolute atomic E-state index is 5.97. The Morgan fingerprint density at radius 3 is 2.65 bits per heavy atom. The fraction of sp³-hybridized carbons (Fsp3) is 0.286. The number of nitrogens with zero attached hydrogens (tertiary/aromatic N) is 2. The monoisotopic (exact) mass is 327 g/mol. The van der Waals surface area contributed by atoms with Gasteiger partial charge < -0.3 is 5.32 Å². The second-order valence-corrected chi connectivity index (χ2v) is 6.04. The summed E-state index contributed by atoms with van der Waals surface area (Å²) in [5.41, 5.74) is 1.14. The van der Waals surface area contributed by atoms with Gasteiger partial charge in [0.1, 0.15) is 0 Å². The number of aromatic nitrogens is 2. The van der Waals surface area contributed by atoms with Crippen molar-refractivity contribution in [2.75, 3.05) is 12.3 Å². The second-order valence-electron chi connectivity index (χ2n) is 4.16. The van der Waals surface area contributed by atoms with Gasteiger partial charge in [0.05, 0.1) is 10.0 Å². The summed E-state index contributed by atoms with van der Waals surface area (Å²) in [6, 6.07) is 7.52. The third-order valence-electron chi connectivity index (χ3n) is 2.58. The van der Waals surface area contributed by atoms with Crippen molar-refractivity contribution >= 4 is 35.0 Å². The van der Waals surface area contributed by atoms with E-state index in [9.17, 15) is 0 Å². The van der Waals surface area contributed by atoms with E-state index >= 15 is 0 Å². The molecular formula is C14H15Cl2N3S. The lowest BCUT2D eigenvalue weighted by Crippen LogP contribution is -2.15. The predicted octanol–water partition coefficient (Wildman–Crippen LogP) is 4.06. The van der Waals surface area contributed by atoms with Gasteiger partial charge in [-0.3, -0.25) is 0 Å². The van der Waals surface area contributed by atoms with Crippen LogP contribution in [0.25, 0.3) is 0 Å². The molecule has 0 fully saturated rings. The van der Waals surface area contributed by atoms with Gasteiger partial charge in [0.15, 0.2) is 5.16 Å². The SMILES string of the molecule is Clc1ccc(CNCCCSc2ncccn2)cc1Cl. The van der Waals surface area contributed by atoms with Crippen molar-refractivity contribution in [2.45, 2.75) is 18.1 Å². The molecule has 0 atom stereocenters. The van der Waals surface area contributed by atoms with Crippen LogP contribution in [0.1, 0.15) is 12.0 Å². The topological polar surface area (TPSA) is 37.8 Å². The first-order valence-electron chi connectivity index (χ1n) is 6.30. The molecule has 0 saturated carbocycles. The summed E-state index contributed by atoms with van der Waals surface area (Å²) in [7, 11) is 0. The molecule has 1 N–H and O–H groups in total. The minimum absolute atomic E-state index is 0.592. The van der Waals surface area contributed by atoms with E-state index in [4.69, 9.17) is 23.2 Å². The van der Waals surface area contributed by atoms with Crippen molar-refractivity contribution in [1.82, 2.24) is 15.3 Å². The Morgan fingerprint density at radius 2 is 1.90 bits per heavy atom. The van der Waals surface area contributed by atoms with Crippen molar-refractivity contribution in [2.24, 2.45) is 0 Å². The van der Waals surface area contributed by atoms with Crippen molar-refractivity contribution in [3.05, 3.63) is 52.3 Å². The van der Waals surface area contributed by atoms with E-state index in [1.165, 1.54) is 0 Å². The molecule has 0 radical (unpaired) electrons. The lowest BCUT2D eigenvalue weighted by molar-refractivity contribution is 0.678. The van der Waals surface area contributed by atoms with E-state index in [0.717, 1.165) is 36.0 Å². The molecule has 0 aliphatic heterocycles. The molecule has 0 saturated heterocycles. The molecule has 106 valence electrons. The van der Waals surface area contributed by atoms with Gasteiger partial charge in [-0.15, -0.1) is 0 Å². The van der Waals surface area contributed by atoms with Crippen LogP contribution in [-0.2, 0) is 6.54 Å². The number of halogens is 2. The summed E-state index contributed by atoms with van der Waals surface area (Å²) in [5.74, 6) is 0.998. The summed E-state index contributed by atoms with van der Waals surface area (Å²) < 4.78 is 0. The molecule has 0 amide bonds. The van der Waals surface area contributed by atoms with Gasteiger partial charge in [-0.1, -0.05) is 41.0 Å². The average molecular weight is 328 g/mol. The van der Waals surface area contributed by atoms with Crippen molar-refractivity contribution in [1.29, 1.82) is 0 Å². The first-order chi connectivity index (χ1) is 9.75. The molecule has 1 aromatic heterocycles. The van der Waals surface area contributed by atoms with Crippen LogP contribution in [0.2, 0.25) is 10.0 Å². The summed E-state index contributed by atoms with van der Waals surface area (Å²) in [6.45, 7) is 1.74. The van der Waals surface area contributed by atoms with E-state index in [1.54, 1.807) is 24.2 Å². The third kappa shape index (κ3) is 5.29. The molecule has 20 heavy (non-hydrogen) atoms. The molecule has 0 spiro atoms. The van der Waals surface area contributed by atoms with Crippen LogP contribution in [0.3, 0.4) is 0 Å². The Labute approximate surface area is 133 Å².